The van der Waals surface area contributed by atoms with Crippen molar-refractivity contribution >= 4 is 11.4 Å². The minimum absolute atomic E-state index is 0.0190. The Labute approximate surface area is 161 Å². The standard InChI is InChI=1S/C21H17N3O4/c1-13-6-11-20(27-13)17-12-18-16-4-2-3-5-19(16)28-21(23(18)22-17)14-7-9-15(10-8-14)24(25)26/h2-11,18,21H,12H2,1H3/t18-,21+/m1/s1. The van der Waals surface area contributed by atoms with Crippen LogP contribution in [0.15, 0.2) is 70.2 Å². The van der Waals surface area contributed by atoms with Gasteiger partial charge in [0.2, 0.25) is 6.23 Å². The van der Waals surface area contributed by atoms with E-state index in [2.05, 4.69) is 0 Å². The number of rotatable bonds is 3. The lowest BCUT2D eigenvalue weighted by Gasteiger charge is -2.38. The molecule has 2 aliphatic heterocycles. The Kier molecular flexibility index (Phi) is 3.68. The number of nitrogens with zero attached hydrogens (tertiary/aromatic N) is 3. The molecule has 0 amide bonds. The van der Waals surface area contributed by atoms with Crippen molar-refractivity contribution in [1.29, 1.82) is 0 Å². The Balaban J connectivity index is 1.57. The highest BCUT2D eigenvalue weighted by molar-refractivity contribution is 5.99. The Morgan fingerprint density at radius 1 is 1.11 bits per heavy atom. The van der Waals surface area contributed by atoms with Gasteiger partial charge in [0, 0.05) is 29.7 Å². The van der Waals surface area contributed by atoms with Gasteiger partial charge in [-0.15, -0.1) is 0 Å². The molecule has 2 aliphatic rings. The second-order valence-electron chi connectivity index (χ2n) is 6.91. The molecule has 0 aliphatic carbocycles. The van der Waals surface area contributed by atoms with Gasteiger partial charge in [-0.2, -0.15) is 5.10 Å². The lowest BCUT2D eigenvalue weighted by atomic mass is 9.97. The van der Waals surface area contributed by atoms with Crippen molar-refractivity contribution < 1.29 is 14.1 Å². The average Bonchev–Trinajstić information content (AvgIpc) is 3.34. The van der Waals surface area contributed by atoms with Crippen LogP contribution in [0.5, 0.6) is 5.75 Å². The number of non-ortho nitro benzene ring substituents is 1. The summed E-state index contributed by atoms with van der Waals surface area (Å²) in [5, 5.41) is 17.7. The molecule has 0 spiro atoms. The third kappa shape index (κ3) is 2.63. The quantitative estimate of drug-likeness (QED) is 0.488. The molecule has 0 saturated heterocycles. The number of benzene rings is 2. The Bertz CT molecular complexity index is 1090. The van der Waals surface area contributed by atoms with Crippen LogP contribution in [0.2, 0.25) is 0 Å². The molecular weight excluding hydrogens is 358 g/mol. The number of hydrogen-bond acceptors (Lipinski definition) is 6. The van der Waals surface area contributed by atoms with E-state index in [-0.39, 0.29) is 11.7 Å². The average molecular weight is 375 g/mol. The van der Waals surface area contributed by atoms with E-state index in [0.29, 0.717) is 6.42 Å². The van der Waals surface area contributed by atoms with Crippen molar-refractivity contribution in [1.82, 2.24) is 5.01 Å². The first-order chi connectivity index (χ1) is 13.6. The van der Waals surface area contributed by atoms with Gasteiger partial charge in [-0.1, -0.05) is 18.2 Å². The van der Waals surface area contributed by atoms with E-state index < -0.39 is 11.2 Å². The molecule has 5 rings (SSSR count). The molecule has 7 nitrogen and oxygen atoms in total. The van der Waals surface area contributed by atoms with Crippen molar-refractivity contribution in [3.8, 4) is 5.75 Å². The first kappa shape index (κ1) is 16.6. The zero-order valence-corrected chi connectivity index (χ0v) is 15.1. The summed E-state index contributed by atoms with van der Waals surface area (Å²) in [4.78, 5) is 10.6. The molecule has 2 atom stereocenters. The Morgan fingerprint density at radius 3 is 2.61 bits per heavy atom. The molecule has 0 unspecified atom stereocenters. The number of para-hydroxylation sites is 1. The maximum absolute atomic E-state index is 11.0. The summed E-state index contributed by atoms with van der Waals surface area (Å²) < 4.78 is 12.0. The van der Waals surface area contributed by atoms with E-state index >= 15 is 0 Å². The van der Waals surface area contributed by atoms with E-state index in [1.54, 1.807) is 12.1 Å². The van der Waals surface area contributed by atoms with Gasteiger partial charge in [-0.25, -0.2) is 5.01 Å². The van der Waals surface area contributed by atoms with Crippen LogP contribution >= 0.6 is 0 Å². The summed E-state index contributed by atoms with van der Waals surface area (Å²) >= 11 is 0. The summed E-state index contributed by atoms with van der Waals surface area (Å²) in [6, 6.07) is 18.2. The van der Waals surface area contributed by atoms with Crippen LogP contribution in [-0.4, -0.2) is 15.6 Å². The van der Waals surface area contributed by atoms with Gasteiger partial charge in [0.1, 0.15) is 23.0 Å². The molecule has 140 valence electrons. The van der Waals surface area contributed by atoms with Gasteiger partial charge in [0.05, 0.1) is 11.0 Å². The predicted molar refractivity (Wildman–Crippen MR) is 102 cm³/mol. The van der Waals surface area contributed by atoms with E-state index in [4.69, 9.17) is 14.3 Å². The first-order valence-corrected chi connectivity index (χ1v) is 9.03. The van der Waals surface area contributed by atoms with Gasteiger partial charge >= 0.3 is 0 Å². The van der Waals surface area contributed by atoms with Crippen molar-refractivity contribution in [2.45, 2.75) is 25.6 Å². The zero-order valence-electron chi connectivity index (χ0n) is 15.1. The van der Waals surface area contributed by atoms with Crippen LogP contribution in [0.25, 0.3) is 0 Å². The van der Waals surface area contributed by atoms with Crippen LogP contribution in [0.1, 0.15) is 41.3 Å². The summed E-state index contributed by atoms with van der Waals surface area (Å²) in [5.74, 6) is 2.40. The van der Waals surface area contributed by atoms with Gasteiger partial charge in [-0.3, -0.25) is 10.1 Å². The van der Waals surface area contributed by atoms with Crippen LogP contribution in [0.3, 0.4) is 0 Å². The molecule has 3 aromatic rings. The van der Waals surface area contributed by atoms with Crippen LogP contribution in [-0.2, 0) is 0 Å². The van der Waals surface area contributed by atoms with E-state index in [1.165, 1.54) is 12.1 Å². The van der Waals surface area contributed by atoms with E-state index in [9.17, 15) is 10.1 Å². The summed E-state index contributed by atoms with van der Waals surface area (Å²) in [5.41, 5.74) is 2.80. The van der Waals surface area contributed by atoms with Crippen molar-refractivity contribution in [2.75, 3.05) is 0 Å². The molecule has 2 aromatic carbocycles. The second kappa shape index (κ2) is 6.23. The highest BCUT2D eigenvalue weighted by Crippen LogP contribution is 2.47. The molecule has 0 bridgehead atoms. The van der Waals surface area contributed by atoms with Crippen molar-refractivity contribution in [3.05, 3.63) is 93.4 Å². The van der Waals surface area contributed by atoms with Gasteiger partial charge in [-0.05, 0) is 37.3 Å². The van der Waals surface area contributed by atoms with Crippen LogP contribution < -0.4 is 4.74 Å². The molecule has 0 saturated carbocycles. The summed E-state index contributed by atoms with van der Waals surface area (Å²) in [6.45, 7) is 1.91. The largest absolute Gasteiger partial charge is 0.464 e. The van der Waals surface area contributed by atoms with Crippen molar-refractivity contribution in [3.63, 3.8) is 0 Å². The van der Waals surface area contributed by atoms with Gasteiger partial charge in [0.15, 0.2) is 0 Å². The maximum Gasteiger partial charge on any atom is 0.269 e. The monoisotopic (exact) mass is 375 g/mol. The number of aryl methyl sites for hydroxylation is 1. The highest BCUT2D eigenvalue weighted by atomic mass is 16.6. The topological polar surface area (TPSA) is 81.1 Å². The number of hydrogen-bond donors (Lipinski definition) is 0. The summed E-state index contributed by atoms with van der Waals surface area (Å²) in [6.07, 6.45) is 0.242. The van der Waals surface area contributed by atoms with E-state index in [0.717, 1.165) is 34.1 Å². The maximum atomic E-state index is 11.0. The number of furan rings is 1. The van der Waals surface area contributed by atoms with Gasteiger partial charge in [0.25, 0.3) is 5.69 Å². The molecule has 1 aromatic heterocycles. The highest BCUT2D eigenvalue weighted by Gasteiger charge is 2.41. The molecule has 0 fully saturated rings. The SMILES string of the molecule is Cc1ccc(C2=NN3[C@H](C2)c2ccccc2O[C@H]3c2ccc([N+](=O)[O-])cc2)o1. The number of hydrazone groups is 1. The minimum Gasteiger partial charge on any atom is -0.464 e. The Morgan fingerprint density at radius 2 is 1.89 bits per heavy atom. The zero-order chi connectivity index (χ0) is 19.3. The molecule has 0 N–H and O–H groups in total. The van der Waals surface area contributed by atoms with Crippen LogP contribution in [0.4, 0.5) is 5.69 Å². The molecule has 0 radical (unpaired) electrons. The normalized spacial score (nSPS) is 20.2. The first-order valence-electron chi connectivity index (χ1n) is 9.03. The van der Waals surface area contributed by atoms with Gasteiger partial charge < -0.3 is 9.15 Å². The molecule has 3 heterocycles. The van der Waals surface area contributed by atoms with Crippen molar-refractivity contribution in [2.24, 2.45) is 5.10 Å². The molecular formula is C21H17N3O4. The summed E-state index contributed by atoms with van der Waals surface area (Å²) in [7, 11) is 0. The lowest BCUT2D eigenvalue weighted by Crippen LogP contribution is -2.33. The third-order valence-electron chi connectivity index (χ3n) is 5.11. The van der Waals surface area contributed by atoms with E-state index in [1.807, 2.05) is 48.3 Å². The fourth-order valence-corrected chi connectivity index (χ4v) is 3.75. The van der Waals surface area contributed by atoms with Crippen LogP contribution in [0, 0.1) is 17.0 Å². The number of nitro groups is 1. The number of ether oxygens (including phenoxy) is 1. The Hall–Kier alpha value is -3.61. The number of nitro benzene ring substituents is 1. The second-order valence-corrected chi connectivity index (χ2v) is 6.91. The fraction of sp³-hybridized carbons (Fsp3) is 0.190. The lowest BCUT2D eigenvalue weighted by molar-refractivity contribution is -0.384. The smallest absolute Gasteiger partial charge is 0.269 e. The minimum atomic E-state index is -0.464. The number of fused-ring (bicyclic) bond motifs is 3. The fourth-order valence-electron chi connectivity index (χ4n) is 3.75. The molecule has 28 heavy (non-hydrogen) atoms. The molecule has 7 heteroatoms. The third-order valence-corrected chi connectivity index (χ3v) is 5.11. The predicted octanol–water partition coefficient (Wildman–Crippen LogP) is 4.74.